The van der Waals surface area contributed by atoms with E-state index in [2.05, 4.69) is 36.2 Å². The second kappa shape index (κ2) is 7.11. The molecule has 2 aliphatic rings. The normalized spacial score (nSPS) is 25.1. The predicted octanol–water partition coefficient (Wildman–Crippen LogP) is 2.25. The zero-order chi connectivity index (χ0) is 16.4. The molecule has 0 saturated carbocycles. The van der Waals surface area contributed by atoms with Gasteiger partial charge in [0.15, 0.2) is 5.82 Å². The maximum absolute atomic E-state index is 12.6. The molecule has 0 radical (unpaired) electrons. The molecule has 23 heavy (non-hydrogen) atoms. The summed E-state index contributed by atoms with van der Waals surface area (Å²) in [5.41, 5.74) is 0. The molecular weight excluding hydrogens is 310 g/mol. The lowest BCUT2D eigenvalue weighted by Crippen LogP contribution is -2.50. The average molecular weight is 337 g/mol. The van der Waals surface area contributed by atoms with Crippen molar-refractivity contribution >= 4 is 17.8 Å². The Morgan fingerprint density at radius 2 is 2.17 bits per heavy atom. The Balaban J connectivity index is 1.61. The first kappa shape index (κ1) is 16.6. The van der Waals surface area contributed by atoms with Crippen molar-refractivity contribution in [1.82, 2.24) is 25.0 Å². The molecule has 2 unspecified atom stereocenters. The highest BCUT2D eigenvalue weighted by Crippen LogP contribution is 2.19. The summed E-state index contributed by atoms with van der Waals surface area (Å²) in [6.45, 7) is 7.95. The van der Waals surface area contributed by atoms with Crippen LogP contribution >= 0.6 is 11.8 Å². The van der Waals surface area contributed by atoms with Gasteiger partial charge < -0.3 is 10.2 Å². The second-order valence-corrected chi connectivity index (χ2v) is 8.08. The summed E-state index contributed by atoms with van der Waals surface area (Å²) in [6, 6.07) is 0.556. The monoisotopic (exact) mass is 337 g/mol. The van der Waals surface area contributed by atoms with E-state index < -0.39 is 0 Å². The molecule has 0 aromatic carbocycles. The van der Waals surface area contributed by atoms with Crippen molar-refractivity contribution in [3.63, 3.8) is 0 Å². The summed E-state index contributed by atoms with van der Waals surface area (Å²) in [5.74, 6) is 4.49. The van der Waals surface area contributed by atoms with Gasteiger partial charge in [-0.25, -0.2) is 14.5 Å². The van der Waals surface area contributed by atoms with Crippen molar-refractivity contribution in [2.24, 2.45) is 0 Å². The maximum atomic E-state index is 12.6. The van der Waals surface area contributed by atoms with Crippen molar-refractivity contribution < 1.29 is 4.79 Å². The fourth-order valence-electron chi connectivity index (χ4n) is 3.14. The molecule has 3 heterocycles. The molecule has 7 heteroatoms. The van der Waals surface area contributed by atoms with Crippen molar-refractivity contribution in [2.45, 2.75) is 64.6 Å². The quantitative estimate of drug-likeness (QED) is 0.899. The largest absolute Gasteiger partial charge is 0.333 e. The van der Waals surface area contributed by atoms with Crippen molar-refractivity contribution in [3.8, 4) is 0 Å². The number of amides is 2. The number of thioether (sulfide) groups is 1. The third-order valence-electron chi connectivity index (χ3n) is 4.67. The number of carbonyl (C=O) groups excluding carboxylic acids is 1. The molecule has 0 spiro atoms. The molecule has 1 fully saturated rings. The van der Waals surface area contributed by atoms with E-state index in [0.717, 1.165) is 55.5 Å². The number of urea groups is 1. The number of rotatable bonds is 2. The topological polar surface area (TPSA) is 63.1 Å². The van der Waals surface area contributed by atoms with Crippen LogP contribution < -0.4 is 5.32 Å². The van der Waals surface area contributed by atoms with Gasteiger partial charge in [0.2, 0.25) is 0 Å². The van der Waals surface area contributed by atoms with Crippen LogP contribution in [-0.4, -0.2) is 55.8 Å². The van der Waals surface area contributed by atoms with E-state index in [1.54, 1.807) is 0 Å². The standard InChI is InChI=1S/C16H27N5OS/c1-11(2)15-18-14-5-4-13(10-21(14)19-15)17-16(22)20-7-9-23-8-6-12(20)3/h11-13H,4-10H2,1-3H3,(H,17,22). The molecule has 128 valence electrons. The Kier molecular flexibility index (Phi) is 5.14. The van der Waals surface area contributed by atoms with E-state index in [9.17, 15) is 4.79 Å². The molecule has 3 rings (SSSR count). The molecule has 2 amide bonds. The number of nitrogens with one attached hydrogen (secondary N) is 1. The number of aromatic nitrogens is 3. The van der Waals surface area contributed by atoms with Crippen LogP contribution in [0.2, 0.25) is 0 Å². The van der Waals surface area contributed by atoms with Crippen LogP contribution in [0, 0.1) is 0 Å². The highest BCUT2D eigenvalue weighted by molar-refractivity contribution is 7.99. The zero-order valence-corrected chi connectivity index (χ0v) is 15.1. The number of hydrogen-bond donors (Lipinski definition) is 1. The zero-order valence-electron chi connectivity index (χ0n) is 14.3. The Hall–Kier alpha value is -1.24. The molecule has 6 nitrogen and oxygen atoms in total. The summed E-state index contributed by atoms with van der Waals surface area (Å²) in [7, 11) is 0. The average Bonchev–Trinajstić information content (AvgIpc) is 2.82. The van der Waals surface area contributed by atoms with Gasteiger partial charge in [0.25, 0.3) is 0 Å². The maximum Gasteiger partial charge on any atom is 0.317 e. The second-order valence-electron chi connectivity index (χ2n) is 6.85. The molecule has 1 saturated heterocycles. The number of aryl methyl sites for hydroxylation is 1. The van der Waals surface area contributed by atoms with Gasteiger partial charge >= 0.3 is 6.03 Å². The van der Waals surface area contributed by atoms with E-state index in [0.29, 0.717) is 12.0 Å². The summed E-state index contributed by atoms with van der Waals surface area (Å²) >= 11 is 1.94. The van der Waals surface area contributed by atoms with Crippen molar-refractivity contribution in [3.05, 3.63) is 11.6 Å². The van der Waals surface area contributed by atoms with E-state index in [1.807, 2.05) is 21.3 Å². The van der Waals surface area contributed by atoms with Crippen LogP contribution in [0.25, 0.3) is 0 Å². The van der Waals surface area contributed by atoms with E-state index >= 15 is 0 Å². The number of nitrogens with zero attached hydrogens (tertiary/aromatic N) is 4. The molecule has 1 aromatic heterocycles. The third kappa shape index (κ3) is 3.82. The smallest absolute Gasteiger partial charge is 0.317 e. The lowest BCUT2D eigenvalue weighted by molar-refractivity contribution is 0.175. The van der Waals surface area contributed by atoms with Gasteiger partial charge in [-0.05, 0) is 25.5 Å². The summed E-state index contributed by atoms with van der Waals surface area (Å²) in [4.78, 5) is 19.2. The van der Waals surface area contributed by atoms with Crippen LogP contribution in [0.3, 0.4) is 0 Å². The lowest BCUT2D eigenvalue weighted by Gasteiger charge is -2.31. The van der Waals surface area contributed by atoms with E-state index in [1.165, 1.54) is 0 Å². The van der Waals surface area contributed by atoms with Gasteiger partial charge in [0, 0.05) is 30.7 Å². The fraction of sp³-hybridized carbons (Fsp3) is 0.812. The minimum absolute atomic E-state index is 0.0812. The lowest BCUT2D eigenvalue weighted by atomic mass is 10.1. The van der Waals surface area contributed by atoms with E-state index in [-0.39, 0.29) is 12.1 Å². The van der Waals surface area contributed by atoms with Crippen LogP contribution in [0.15, 0.2) is 0 Å². The van der Waals surface area contributed by atoms with E-state index in [4.69, 9.17) is 0 Å². The molecule has 0 aliphatic carbocycles. The SMILES string of the molecule is CC(C)c1nc2n(n1)CC(NC(=O)N1CCSCCC1C)CC2. The van der Waals surface area contributed by atoms with Crippen LogP contribution in [-0.2, 0) is 13.0 Å². The van der Waals surface area contributed by atoms with Crippen LogP contribution in [0.5, 0.6) is 0 Å². The molecule has 2 atom stereocenters. The van der Waals surface area contributed by atoms with Gasteiger partial charge in [0.05, 0.1) is 12.6 Å². The van der Waals surface area contributed by atoms with Gasteiger partial charge in [-0.3, -0.25) is 0 Å². The Labute approximate surface area is 142 Å². The first-order valence-corrected chi connectivity index (χ1v) is 9.78. The summed E-state index contributed by atoms with van der Waals surface area (Å²) in [6.07, 6.45) is 2.91. The Morgan fingerprint density at radius 1 is 1.35 bits per heavy atom. The minimum Gasteiger partial charge on any atom is -0.333 e. The van der Waals surface area contributed by atoms with Gasteiger partial charge in [0.1, 0.15) is 5.82 Å². The van der Waals surface area contributed by atoms with Crippen LogP contribution in [0.1, 0.15) is 51.2 Å². The predicted molar refractivity (Wildman–Crippen MR) is 92.9 cm³/mol. The fourth-order valence-corrected chi connectivity index (χ4v) is 4.18. The van der Waals surface area contributed by atoms with Gasteiger partial charge in [-0.1, -0.05) is 13.8 Å². The third-order valence-corrected chi connectivity index (χ3v) is 5.66. The highest BCUT2D eigenvalue weighted by Gasteiger charge is 2.27. The Morgan fingerprint density at radius 3 is 2.96 bits per heavy atom. The molecule has 1 N–H and O–H groups in total. The molecule has 2 aliphatic heterocycles. The number of hydrogen-bond acceptors (Lipinski definition) is 4. The molecular formula is C16H27N5OS. The first-order chi connectivity index (χ1) is 11.0. The molecule has 1 aromatic rings. The number of carbonyl (C=O) groups is 1. The summed E-state index contributed by atoms with van der Waals surface area (Å²) < 4.78 is 1.98. The molecule has 0 bridgehead atoms. The van der Waals surface area contributed by atoms with Crippen LogP contribution in [0.4, 0.5) is 4.79 Å². The Bertz CT molecular complexity index is 559. The first-order valence-electron chi connectivity index (χ1n) is 8.63. The number of fused-ring (bicyclic) bond motifs is 1. The van der Waals surface area contributed by atoms with Crippen molar-refractivity contribution in [2.75, 3.05) is 18.1 Å². The minimum atomic E-state index is 0.0812. The van der Waals surface area contributed by atoms with Crippen molar-refractivity contribution in [1.29, 1.82) is 0 Å². The highest BCUT2D eigenvalue weighted by atomic mass is 32.2. The summed E-state index contributed by atoms with van der Waals surface area (Å²) in [5, 5.41) is 7.80. The van der Waals surface area contributed by atoms with Gasteiger partial charge in [-0.2, -0.15) is 16.9 Å². The van der Waals surface area contributed by atoms with Gasteiger partial charge in [-0.15, -0.1) is 0 Å².